The van der Waals surface area contributed by atoms with E-state index in [9.17, 15) is 0 Å². The number of rotatable bonds is 11. The Kier molecular flexibility index (Phi) is 14.9. The third-order valence-corrected chi connectivity index (χ3v) is 15.3. The molecule has 0 unspecified atom stereocenters. The molecule has 0 fully saturated rings. The van der Waals surface area contributed by atoms with Crippen molar-refractivity contribution in [3.63, 3.8) is 0 Å². The largest absolute Gasteiger partial charge is 2.00 e. The summed E-state index contributed by atoms with van der Waals surface area (Å²) in [5.74, 6) is 1.28. The first-order valence-electron chi connectivity index (χ1n) is 25.6. The zero-order valence-corrected chi connectivity index (χ0v) is 47.5. The number of hydrogen-bond acceptors (Lipinski definition) is 5. The molecule has 0 saturated carbocycles. The minimum absolute atomic E-state index is 0. The number of fused-ring (bicyclic) bond motifs is 1. The zero-order chi connectivity index (χ0) is 51.2. The Morgan fingerprint density at radius 2 is 1.09 bits per heavy atom. The molecule has 0 saturated heterocycles. The van der Waals surface area contributed by atoms with Crippen molar-refractivity contribution in [2.75, 3.05) is 11.9 Å². The second-order valence-electron chi connectivity index (χ2n) is 22.0. The molecule has 10 rings (SSSR count). The first kappa shape index (κ1) is 52.1. The van der Waals surface area contributed by atoms with Gasteiger partial charge in [0, 0.05) is 18.7 Å². The number of hydrogen-bond donors (Lipinski definition) is 0. The molecule has 3 heterocycles. The van der Waals surface area contributed by atoms with Gasteiger partial charge in [0.05, 0.1) is 5.01 Å². The molecule has 3 aromatic heterocycles. The van der Waals surface area contributed by atoms with E-state index in [-0.39, 0.29) is 43.7 Å². The van der Waals surface area contributed by atoms with Gasteiger partial charge in [0.2, 0.25) is 0 Å². The van der Waals surface area contributed by atoms with E-state index in [2.05, 4.69) is 263 Å². The molecular weight excluding hydrogens is 1100 g/mol. The monoisotopic (exact) mass is 1160 g/mol. The van der Waals surface area contributed by atoms with E-state index in [1.807, 2.05) is 6.20 Å². The summed E-state index contributed by atoms with van der Waals surface area (Å²) in [6, 6.07) is 69.0. The molecule has 10 aromatic rings. The minimum Gasteiger partial charge on any atom is -0.348 e. The average Bonchev–Trinajstić information content (AvgIpc) is 3.85. The second-order valence-corrected chi connectivity index (χ2v) is 23.1. The smallest absolute Gasteiger partial charge is 0.348 e. The Hall–Kier alpha value is -6.78. The van der Waals surface area contributed by atoms with Crippen LogP contribution in [0.5, 0.6) is 0 Å². The quantitative estimate of drug-likeness (QED) is 0.121. The Morgan fingerprint density at radius 3 is 1.66 bits per heavy atom. The zero-order valence-electron chi connectivity index (χ0n) is 44.4. The van der Waals surface area contributed by atoms with Crippen molar-refractivity contribution in [2.45, 2.75) is 91.9 Å². The number of aromatic nitrogens is 3. The molecule has 0 aliphatic carbocycles. The number of anilines is 2. The summed E-state index contributed by atoms with van der Waals surface area (Å²) in [5.41, 5.74) is 20.6. The molecule has 372 valence electrons. The van der Waals surface area contributed by atoms with Crippen molar-refractivity contribution in [3.05, 3.63) is 210 Å². The molecule has 0 atom stereocenters. The molecule has 7 aromatic carbocycles. The van der Waals surface area contributed by atoms with Crippen LogP contribution in [0.15, 0.2) is 176 Å². The molecule has 0 aliphatic rings. The Balaban J connectivity index is 0.00000672. The number of benzene rings is 7. The van der Waals surface area contributed by atoms with Crippen molar-refractivity contribution in [1.82, 2.24) is 15.0 Å². The minimum atomic E-state index is -0.0733. The van der Waals surface area contributed by atoms with Gasteiger partial charge < -0.3 is 9.88 Å². The molecule has 0 aliphatic heterocycles. The van der Waals surface area contributed by atoms with Gasteiger partial charge in [-0.05, 0) is 123 Å². The summed E-state index contributed by atoms with van der Waals surface area (Å²) in [4.78, 5) is 18.0. The number of pyridine rings is 2. The summed E-state index contributed by atoms with van der Waals surface area (Å²) in [6.07, 6.45) is 1.94. The average molecular weight is 1160 g/mol. The van der Waals surface area contributed by atoms with Gasteiger partial charge in [-0.2, -0.15) is 11.3 Å². The molecule has 0 N–H and O–H groups in total. The molecule has 0 bridgehead atoms. The van der Waals surface area contributed by atoms with Crippen LogP contribution < -0.4 is 4.90 Å². The molecule has 0 radical (unpaired) electrons. The third-order valence-electron chi connectivity index (χ3n) is 13.9. The maximum Gasteiger partial charge on any atom is 2.00 e. The summed E-state index contributed by atoms with van der Waals surface area (Å²) in [7, 11) is 2.13. The van der Waals surface area contributed by atoms with Crippen LogP contribution in [0, 0.1) is 12.1 Å². The predicted octanol–water partition coefficient (Wildman–Crippen LogP) is 19.0. The van der Waals surface area contributed by atoms with Crippen LogP contribution in [0.2, 0.25) is 0 Å². The van der Waals surface area contributed by atoms with Crippen LogP contribution in [-0.4, -0.2) is 22.0 Å². The summed E-state index contributed by atoms with van der Waals surface area (Å²) < 4.78 is 1.12. The Labute approximate surface area is 457 Å². The Bertz CT molecular complexity index is 3520. The fourth-order valence-electron chi connectivity index (χ4n) is 9.81. The van der Waals surface area contributed by atoms with E-state index in [0.717, 1.165) is 88.2 Å². The first-order valence-corrected chi connectivity index (χ1v) is 26.4. The van der Waals surface area contributed by atoms with Gasteiger partial charge in [-0.25, -0.2) is 0 Å². The molecule has 0 amide bonds. The van der Waals surface area contributed by atoms with E-state index in [0.29, 0.717) is 0 Å². The fourth-order valence-corrected chi connectivity index (χ4v) is 10.8. The third kappa shape index (κ3) is 10.7. The van der Waals surface area contributed by atoms with Gasteiger partial charge in [-0.3, -0.25) is 9.97 Å². The van der Waals surface area contributed by atoms with Crippen LogP contribution in [-0.2, 0) is 31.9 Å². The number of nitrogens with zero attached hydrogens (tertiary/aromatic N) is 4. The topological polar surface area (TPSA) is 41.9 Å². The maximum absolute atomic E-state index is 5.60. The standard InChI is InChI=1S/C68H64N4S.Pt/c1-43(2)57-37-49(45-22-15-12-16-23-45)38-58(44(3)4)65(57)51-34-50(59-42-53(32-33-69-59)67(5,6)7)35-54(36-51)72(11)63-41-52(40-60(70-63)48-30-31-62-61(39-48)71-66(73-62)68(8,9)10)64-55(46-24-17-13-18-25-46)28-21-29-56(64)47-26-19-14-20-27-47;/h12-29,31-34,36-44H,1-11H3;/q-2;+2. The van der Waals surface area contributed by atoms with E-state index in [1.54, 1.807) is 11.3 Å². The Morgan fingerprint density at radius 1 is 0.514 bits per heavy atom. The fraction of sp³-hybridized carbons (Fsp3) is 0.221. The van der Waals surface area contributed by atoms with Gasteiger partial charge >= 0.3 is 21.1 Å². The molecule has 4 nitrogen and oxygen atoms in total. The van der Waals surface area contributed by atoms with Gasteiger partial charge in [0.25, 0.3) is 0 Å². The SMILES string of the molecule is CC(C)c1cc(-c2ccccc2)cc(C(C)C)c1-c1cc(-c2cc(C(C)(C)C)ccn2)[c-]c(N(C)c2cc(-c3c(-c4ccccc4)cccc3-c3ccccc3)cc(-c3[c-]cc4sc(C(C)(C)C)nc4c3)n2)c1.[Pt+2]. The van der Waals surface area contributed by atoms with Crippen molar-refractivity contribution < 1.29 is 21.1 Å². The first-order chi connectivity index (χ1) is 35.0. The van der Waals surface area contributed by atoms with Crippen LogP contribution in [0.4, 0.5) is 11.5 Å². The van der Waals surface area contributed by atoms with Gasteiger partial charge in [0.15, 0.2) is 0 Å². The van der Waals surface area contributed by atoms with Crippen molar-refractivity contribution in [3.8, 4) is 78.1 Å². The molecule has 74 heavy (non-hydrogen) atoms. The van der Waals surface area contributed by atoms with Crippen LogP contribution in [0.25, 0.3) is 88.4 Å². The van der Waals surface area contributed by atoms with E-state index >= 15 is 0 Å². The van der Waals surface area contributed by atoms with E-state index < -0.39 is 0 Å². The maximum atomic E-state index is 5.60. The summed E-state index contributed by atoms with van der Waals surface area (Å²) in [6.45, 7) is 22.7. The predicted molar refractivity (Wildman–Crippen MR) is 311 cm³/mol. The molecule has 0 spiro atoms. The van der Waals surface area contributed by atoms with Crippen molar-refractivity contribution in [2.24, 2.45) is 0 Å². The number of thiazole rings is 1. The van der Waals surface area contributed by atoms with Gasteiger partial charge in [0.1, 0.15) is 5.82 Å². The normalized spacial score (nSPS) is 11.9. The van der Waals surface area contributed by atoms with Crippen LogP contribution >= 0.6 is 11.3 Å². The molecule has 6 heteroatoms. The second kappa shape index (κ2) is 21.2. The van der Waals surface area contributed by atoms with E-state index in [4.69, 9.17) is 15.0 Å². The van der Waals surface area contributed by atoms with Crippen molar-refractivity contribution in [1.29, 1.82) is 0 Å². The van der Waals surface area contributed by atoms with Crippen LogP contribution in [0.1, 0.15) is 103 Å². The summed E-state index contributed by atoms with van der Waals surface area (Å²) >= 11 is 1.74. The molecular formula is C68H64N4PtS. The summed E-state index contributed by atoms with van der Waals surface area (Å²) in [5, 5.41) is 1.10. The van der Waals surface area contributed by atoms with Crippen molar-refractivity contribution >= 4 is 33.1 Å². The van der Waals surface area contributed by atoms with Crippen LogP contribution in [0.3, 0.4) is 0 Å². The van der Waals surface area contributed by atoms with Gasteiger partial charge in [-0.15, -0.1) is 47.5 Å². The van der Waals surface area contributed by atoms with E-state index in [1.165, 1.54) is 33.4 Å². The van der Waals surface area contributed by atoms with Gasteiger partial charge in [-0.1, -0.05) is 208 Å².